The Kier molecular flexibility index (Phi) is 11.4. The summed E-state index contributed by atoms with van der Waals surface area (Å²) in [4.78, 5) is 37.2. The zero-order chi connectivity index (χ0) is 19.8. The van der Waals surface area contributed by atoms with Crippen LogP contribution in [0.25, 0.3) is 0 Å². The highest BCUT2D eigenvalue weighted by Crippen LogP contribution is 2.38. The lowest BCUT2D eigenvalue weighted by molar-refractivity contribution is -0.131. The Bertz CT molecular complexity index is 650. The Morgan fingerprint density at radius 3 is 2.27 bits per heavy atom. The molecule has 1 aliphatic heterocycles. The maximum atomic E-state index is 12.4. The first-order chi connectivity index (χ1) is 13.6. The van der Waals surface area contributed by atoms with Crippen LogP contribution in [0.2, 0.25) is 0 Å². The van der Waals surface area contributed by atoms with Gasteiger partial charge in [0.2, 0.25) is 17.8 Å². The summed E-state index contributed by atoms with van der Waals surface area (Å²) in [6.07, 6.45) is 9.88. The SMILES string of the molecule is Cl.Cl.NCC1(CC(=O)NCCC(=O)N2CCN(c3ncccn3)CC2)CCCCC1. The van der Waals surface area contributed by atoms with Gasteiger partial charge in [0.15, 0.2) is 0 Å². The van der Waals surface area contributed by atoms with Crippen molar-refractivity contribution in [3.8, 4) is 0 Å². The van der Waals surface area contributed by atoms with E-state index in [1.807, 2.05) is 4.90 Å². The molecule has 0 atom stereocenters. The summed E-state index contributed by atoms with van der Waals surface area (Å²) in [5, 5.41) is 2.92. The van der Waals surface area contributed by atoms with E-state index in [0.717, 1.165) is 38.8 Å². The van der Waals surface area contributed by atoms with E-state index in [4.69, 9.17) is 5.73 Å². The van der Waals surface area contributed by atoms with E-state index in [1.165, 1.54) is 6.42 Å². The molecule has 3 N–H and O–H groups in total. The van der Waals surface area contributed by atoms with Gasteiger partial charge < -0.3 is 20.9 Å². The Morgan fingerprint density at radius 2 is 1.67 bits per heavy atom. The van der Waals surface area contributed by atoms with Crippen LogP contribution in [0.4, 0.5) is 5.95 Å². The van der Waals surface area contributed by atoms with Gasteiger partial charge in [-0.2, -0.15) is 0 Å². The van der Waals surface area contributed by atoms with Crippen LogP contribution in [0.3, 0.4) is 0 Å². The van der Waals surface area contributed by atoms with Gasteiger partial charge in [0.05, 0.1) is 0 Å². The number of hydrogen-bond acceptors (Lipinski definition) is 6. The molecule has 2 heterocycles. The minimum atomic E-state index is -0.0395. The van der Waals surface area contributed by atoms with E-state index in [2.05, 4.69) is 20.2 Å². The minimum Gasteiger partial charge on any atom is -0.356 e. The van der Waals surface area contributed by atoms with Crippen molar-refractivity contribution in [3.63, 3.8) is 0 Å². The standard InChI is InChI=1S/C20H32N6O2.2ClH/c21-16-20(6-2-1-3-7-20)15-17(27)22-10-5-18(28)25-11-13-26(14-12-25)19-23-8-4-9-24-19;;/h4,8-9H,1-3,5-7,10-16,21H2,(H,22,27);2*1H. The van der Waals surface area contributed by atoms with Crippen molar-refractivity contribution < 1.29 is 9.59 Å². The van der Waals surface area contributed by atoms with Gasteiger partial charge in [0.1, 0.15) is 0 Å². The molecule has 1 aliphatic carbocycles. The van der Waals surface area contributed by atoms with Gasteiger partial charge in [-0.15, -0.1) is 24.8 Å². The van der Waals surface area contributed by atoms with Gasteiger partial charge in [-0.05, 0) is 30.9 Å². The molecule has 30 heavy (non-hydrogen) atoms. The molecule has 0 unspecified atom stereocenters. The van der Waals surface area contributed by atoms with Gasteiger partial charge >= 0.3 is 0 Å². The second-order valence-corrected chi connectivity index (χ2v) is 7.96. The highest BCUT2D eigenvalue weighted by molar-refractivity contribution is 5.85. The van der Waals surface area contributed by atoms with Crippen LogP contribution in [-0.2, 0) is 9.59 Å². The molecule has 0 bridgehead atoms. The number of carbonyl (C=O) groups excluding carboxylic acids is 2. The lowest BCUT2D eigenvalue weighted by Gasteiger charge is -2.36. The van der Waals surface area contributed by atoms with Gasteiger partial charge in [-0.25, -0.2) is 9.97 Å². The van der Waals surface area contributed by atoms with Gasteiger partial charge in [-0.1, -0.05) is 19.3 Å². The average molecular weight is 461 g/mol. The molecule has 1 saturated carbocycles. The number of rotatable bonds is 7. The zero-order valence-electron chi connectivity index (χ0n) is 17.4. The highest BCUT2D eigenvalue weighted by Gasteiger charge is 2.33. The Morgan fingerprint density at radius 1 is 1.03 bits per heavy atom. The van der Waals surface area contributed by atoms with Crippen LogP contribution in [0.15, 0.2) is 18.5 Å². The van der Waals surface area contributed by atoms with Crippen LogP contribution in [0.5, 0.6) is 0 Å². The first-order valence-corrected chi connectivity index (χ1v) is 10.4. The molecule has 8 nitrogen and oxygen atoms in total. The third kappa shape index (κ3) is 7.25. The van der Waals surface area contributed by atoms with Crippen molar-refractivity contribution >= 4 is 42.6 Å². The molecule has 1 saturated heterocycles. The second kappa shape index (κ2) is 12.9. The van der Waals surface area contributed by atoms with Crippen LogP contribution in [-0.4, -0.2) is 66.0 Å². The van der Waals surface area contributed by atoms with Crippen LogP contribution in [0, 0.1) is 5.41 Å². The predicted octanol–water partition coefficient (Wildman–Crippen LogP) is 1.77. The highest BCUT2D eigenvalue weighted by atomic mass is 35.5. The first kappa shape index (κ1) is 26.4. The molecule has 2 aliphatic rings. The van der Waals surface area contributed by atoms with Crippen molar-refractivity contribution in [3.05, 3.63) is 18.5 Å². The molecule has 1 aromatic heterocycles. The zero-order valence-corrected chi connectivity index (χ0v) is 19.1. The fourth-order valence-electron chi connectivity index (χ4n) is 4.24. The fraction of sp³-hybridized carbons (Fsp3) is 0.700. The quantitative estimate of drug-likeness (QED) is 0.642. The molecule has 2 fully saturated rings. The third-order valence-electron chi connectivity index (χ3n) is 6.01. The van der Waals surface area contributed by atoms with Gasteiger partial charge in [0, 0.05) is 58.0 Å². The Labute approximate surface area is 191 Å². The van der Waals surface area contributed by atoms with Crippen molar-refractivity contribution in [2.75, 3.05) is 44.2 Å². The summed E-state index contributed by atoms with van der Waals surface area (Å²) >= 11 is 0. The molecule has 1 aromatic rings. The van der Waals surface area contributed by atoms with Crippen molar-refractivity contribution in [2.45, 2.75) is 44.9 Å². The number of aromatic nitrogens is 2. The molecule has 170 valence electrons. The van der Waals surface area contributed by atoms with Crippen LogP contribution >= 0.6 is 24.8 Å². The summed E-state index contributed by atoms with van der Waals surface area (Å²) in [5.41, 5.74) is 5.92. The summed E-state index contributed by atoms with van der Waals surface area (Å²) in [6, 6.07) is 1.79. The number of nitrogens with two attached hydrogens (primary N) is 1. The van der Waals surface area contributed by atoms with E-state index < -0.39 is 0 Å². The number of nitrogens with zero attached hydrogens (tertiary/aromatic N) is 4. The number of carbonyl (C=O) groups is 2. The van der Waals surface area contributed by atoms with Crippen molar-refractivity contribution in [1.29, 1.82) is 0 Å². The number of amides is 2. The molecular formula is C20H34Cl2N6O2. The summed E-state index contributed by atoms with van der Waals surface area (Å²) in [5.74, 6) is 0.810. The lowest BCUT2D eigenvalue weighted by Crippen LogP contribution is -2.49. The monoisotopic (exact) mass is 460 g/mol. The smallest absolute Gasteiger partial charge is 0.225 e. The largest absolute Gasteiger partial charge is 0.356 e. The molecule has 0 radical (unpaired) electrons. The molecule has 0 spiro atoms. The number of piperazine rings is 1. The van der Waals surface area contributed by atoms with E-state index in [-0.39, 0.29) is 42.0 Å². The van der Waals surface area contributed by atoms with Crippen LogP contribution < -0.4 is 16.0 Å². The predicted molar refractivity (Wildman–Crippen MR) is 122 cm³/mol. The molecule has 10 heteroatoms. The number of anilines is 1. The van der Waals surface area contributed by atoms with Crippen molar-refractivity contribution in [1.82, 2.24) is 20.2 Å². The molecular weight excluding hydrogens is 427 g/mol. The second-order valence-electron chi connectivity index (χ2n) is 7.96. The summed E-state index contributed by atoms with van der Waals surface area (Å²) in [7, 11) is 0. The number of hydrogen-bond donors (Lipinski definition) is 2. The third-order valence-corrected chi connectivity index (χ3v) is 6.01. The maximum Gasteiger partial charge on any atom is 0.225 e. The fourth-order valence-corrected chi connectivity index (χ4v) is 4.24. The average Bonchev–Trinajstić information content (AvgIpc) is 2.75. The Balaban J connectivity index is 0.00000225. The van der Waals surface area contributed by atoms with E-state index in [0.29, 0.717) is 45.0 Å². The van der Waals surface area contributed by atoms with Gasteiger partial charge in [-0.3, -0.25) is 9.59 Å². The minimum absolute atomic E-state index is 0. The molecule has 3 rings (SSSR count). The van der Waals surface area contributed by atoms with E-state index in [1.54, 1.807) is 18.5 Å². The normalized spacial score (nSPS) is 18.0. The summed E-state index contributed by atoms with van der Waals surface area (Å²) < 4.78 is 0. The van der Waals surface area contributed by atoms with E-state index >= 15 is 0 Å². The Hall–Kier alpha value is -1.64. The number of nitrogens with one attached hydrogen (secondary N) is 1. The van der Waals surface area contributed by atoms with Crippen LogP contribution in [0.1, 0.15) is 44.9 Å². The topological polar surface area (TPSA) is 104 Å². The number of halogens is 2. The molecule has 0 aromatic carbocycles. The van der Waals surface area contributed by atoms with Gasteiger partial charge in [0.25, 0.3) is 0 Å². The molecule has 2 amide bonds. The maximum absolute atomic E-state index is 12.4. The lowest BCUT2D eigenvalue weighted by atomic mass is 9.71. The summed E-state index contributed by atoms with van der Waals surface area (Å²) in [6.45, 7) is 3.71. The van der Waals surface area contributed by atoms with Crippen molar-refractivity contribution in [2.24, 2.45) is 11.1 Å². The van der Waals surface area contributed by atoms with E-state index in [9.17, 15) is 9.59 Å². The first-order valence-electron chi connectivity index (χ1n) is 10.4.